The molecule has 1 N–H and O–H groups in total. The zero-order chi connectivity index (χ0) is 22.9. The molecule has 0 radical (unpaired) electrons. The Morgan fingerprint density at radius 3 is 2.45 bits per heavy atom. The highest BCUT2D eigenvalue weighted by atomic mass is 16.5. The quantitative estimate of drug-likeness (QED) is 0.407. The van der Waals surface area contributed by atoms with Crippen LogP contribution in [-0.4, -0.2) is 28.5 Å². The zero-order valence-corrected chi connectivity index (χ0v) is 19.6. The molecule has 3 heterocycles. The van der Waals surface area contributed by atoms with Crippen molar-refractivity contribution in [2.75, 3.05) is 13.7 Å². The minimum atomic E-state index is -0.0166. The van der Waals surface area contributed by atoms with E-state index in [-0.39, 0.29) is 5.91 Å². The van der Waals surface area contributed by atoms with Crippen LogP contribution < -0.4 is 10.1 Å². The summed E-state index contributed by atoms with van der Waals surface area (Å²) < 4.78 is 9.92. The standard InChI is InChI=1S/C28H31N3O2/c1-4-16-29-27(32)26-25(21-12-14-22(33-3)15-13-21)23-7-5-6-17-30-24(18-31(26)28(23)30)20-10-8-19(2)9-11-20/h8-15,18H,4-7,16-17H2,1-3H3,(H,29,32). The van der Waals surface area contributed by atoms with Gasteiger partial charge in [-0.15, -0.1) is 0 Å². The number of nitrogens with zero attached hydrogens (tertiary/aromatic N) is 2. The fraction of sp³-hybridized carbons (Fsp3) is 0.321. The molecule has 5 nitrogen and oxygen atoms in total. The first-order chi connectivity index (χ1) is 16.1. The maximum Gasteiger partial charge on any atom is 0.268 e. The predicted molar refractivity (Wildman–Crippen MR) is 133 cm³/mol. The Morgan fingerprint density at radius 2 is 1.76 bits per heavy atom. The summed E-state index contributed by atoms with van der Waals surface area (Å²) in [5, 5.41) is 3.13. The molecule has 0 aliphatic carbocycles. The average molecular weight is 442 g/mol. The number of aryl methyl sites for hydroxylation is 3. The van der Waals surface area contributed by atoms with Gasteiger partial charge >= 0.3 is 0 Å². The molecule has 1 aliphatic rings. The van der Waals surface area contributed by atoms with Crippen LogP contribution in [0.5, 0.6) is 5.75 Å². The smallest absolute Gasteiger partial charge is 0.268 e. The van der Waals surface area contributed by atoms with Crippen molar-refractivity contribution in [1.82, 2.24) is 14.3 Å². The van der Waals surface area contributed by atoms with Crippen LogP contribution >= 0.6 is 0 Å². The molecule has 0 bridgehead atoms. The minimum absolute atomic E-state index is 0.0166. The van der Waals surface area contributed by atoms with Crippen LogP contribution in [0.2, 0.25) is 0 Å². The molecule has 2 aromatic carbocycles. The number of methoxy groups -OCH3 is 1. The van der Waals surface area contributed by atoms with Crippen LogP contribution in [-0.2, 0) is 13.0 Å². The molecule has 33 heavy (non-hydrogen) atoms. The van der Waals surface area contributed by atoms with E-state index in [9.17, 15) is 4.79 Å². The fourth-order valence-electron chi connectivity index (χ4n) is 4.95. The highest BCUT2D eigenvalue weighted by Gasteiger charge is 2.29. The molecular formula is C28H31N3O2. The van der Waals surface area contributed by atoms with Gasteiger partial charge in [-0.1, -0.05) is 48.9 Å². The number of amides is 1. The number of ether oxygens (including phenoxy) is 1. The summed E-state index contributed by atoms with van der Waals surface area (Å²) in [7, 11) is 1.68. The summed E-state index contributed by atoms with van der Waals surface area (Å²) in [5.74, 6) is 0.800. The van der Waals surface area contributed by atoms with Crippen molar-refractivity contribution < 1.29 is 9.53 Å². The number of carbonyl (C=O) groups excluding carboxylic acids is 1. The van der Waals surface area contributed by atoms with E-state index < -0.39 is 0 Å². The van der Waals surface area contributed by atoms with E-state index in [0.717, 1.165) is 60.4 Å². The normalized spacial score (nSPS) is 13.2. The fourth-order valence-corrected chi connectivity index (χ4v) is 4.95. The van der Waals surface area contributed by atoms with E-state index in [4.69, 9.17) is 4.74 Å². The number of benzene rings is 2. The number of aromatic nitrogens is 2. The number of hydrogen-bond donors (Lipinski definition) is 1. The molecule has 2 aromatic heterocycles. The molecule has 0 fully saturated rings. The first-order valence-corrected chi connectivity index (χ1v) is 11.9. The van der Waals surface area contributed by atoms with Crippen molar-refractivity contribution in [2.24, 2.45) is 0 Å². The predicted octanol–water partition coefficient (Wildman–Crippen LogP) is 5.87. The number of hydrogen-bond acceptors (Lipinski definition) is 2. The Bertz CT molecular complexity index is 1290. The van der Waals surface area contributed by atoms with Crippen molar-refractivity contribution in [3.63, 3.8) is 0 Å². The Morgan fingerprint density at radius 1 is 1.03 bits per heavy atom. The van der Waals surface area contributed by atoms with E-state index in [0.29, 0.717) is 6.54 Å². The Balaban J connectivity index is 1.78. The van der Waals surface area contributed by atoms with Gasteiger partial charge in [0.15, 0.2) is 0 Å². The van der Waals surface area contributed by atoms with Crippen LogP contribution in [0, 0.1) is 6.92 Å². The summed E-state index contributed by atoms with van der Waals surface area (Å²) in [6, 6.07) is 16.7. The summed E-state index contributed by atoms with van der Waals surface area (Å²) in [6.07, 6.45) is 6.25. The van der Waals surface area contributed by atoms with E-state index in [2.05, 4.69) is 70.7 Å². The van der Waals surface area contributed by atoms with Crippen LogP contribution in [0.15, 0.2) is 54.7 Å². The van der Waals surface area contributed by atoms with Gasteiger partial charge < -0.3 is 14.6 Å². The van der Waals surface area contributed by atoms with Crippen molar-refractivity contribution in [3.8, 4) is 28.1 Å². The van der Waals surface area contributed by atoms with Crippen LogP contribution in [0.3, 0.4) is 0 Å². The lowest BCUT2D eigenvalue weighted by molar-refractivity contribution is 0.0948. The van der Waals surface area contributed by atoms with Crippen LogP contribution in [0.4, 0.5) is 0 Å². The molecule has 0 saturated heterocycles. The molecule has 5 heteroatoms. The first-order valence-electron chi connectivity index (χ1n) is 11.9. The van der Waals surface area contributed by atoms with Crippen molar-refractivity contribution in [3.05, 3.63) is 71.5 Å². The Hall–Kier alpha value is -3.47. The minimum Gasteiger partial charge on any atom is -0.497 e. The second-order valence-corrected chi connectivity index (χ2v) is 8.87. The molecule has 0 spiro atoms. The second-order valence-electron chi connectivity index (χ2n) is 8.87. The molecule has 1 amide bonds. The number of rotatable bonds is 6. The van der Waals surface area contributed by atoms with Gasteiger partial charge in [-0.05, 0) is 55.9 Å². The zero-order valence-electron chi connectivity index (χ0n) is 19.6. The largest absolute Gasteiger partial charge is 0.497 e. The van der Waals surface area contributed by atoms with Gasteiger partial charge in [-0.25, -0.2) is 0 Å². The Labute approximate surface area is 195 Å². The van der Waals surface area contributed by atoms with Gasteiger partial charge in [0.05, 0.1) is 12.8 Å². The third kappa shape index (κ3) is 3.71. The number of imidazole rings is 1. The molecule has 170 valence electrons. The lowest BCUT2D eigenvalue weighted by atomic mass is 9.97. The molecule has 0 unspecified atom stereocenters. The van der Waals surface area contributed by atoms with Gasteiger partial charge in [0.1, 0.15) is 17.1 Å². The molecule has 0 saturated carbocycles. The lowest BCUT2D eigenvalue weighted by Crippen LogP contribution is -2.25. The second kappa shape index (κ2) is 8.81. The van der Waals surface area contributed by atoms with Gasteiger partial charge in [-0.3, -0.25) is 9.20 Å². The topological polar surface area (TPSA) is 47.7 Å². The third-order valence-electron chi connectivity index (χ3n) is 6.61. The average Bonchev–Trinajstić information content (AvgIpc) is 3.26. The third-order valence-corrected chi connectivity index (χ3v) is 6.61. The van der Waals surface area contributed by atoms with Crippen molar-refractivity contribution >= 4 is 11.6 Å². The van der Waals surface area contributed by atoms with E-state index in [1.54, 1.807) is 7.11 Å². The van der Waals surface area contributed by atoms with Gasteiger partial charge in [0.2, 0.25) is 0 Å². The number of carbonyl (C=O) groups is 1. The van der Waals surface area contributed by atoms with Crippen molar-refractivity contribution in [1.29, 1.82) is 0 Å². The monoisotopic (exact) mass is 441 g/mol. The summed E-state index contributed by atoms with van der Waals surface area (Å²) >= 11 is 0. The first kappa shape index (κ1) is 21.4. The molecule has 0 atom stereocenters. The number of nitrogens with one attached hydrogen (secondary N) is 1. The molecule has 4 aromatic rings. The van der Waals surface area contributed by atoms with Gasteiger partial charge in [0, 0.05) is 30.4 Å². The SMILES string of the molecule is CCCNC(=O)c1c(-c2ccc(OC)cc2)c2c3n(c(-c4ccc(C)cc4)cn13)CCCC2. The van der Waals surface area contributed by atoms with E-state index >= 15 is 0 Å². The van der Waals surface area contributed by atoms with Crippen LogP contribution in [0.25, 0.3) is 28.0 Å². The highest BCUT2D eigenvalue weighted by molar-refractivity contribution is 6.03. The van der Waals surface area contributed by atoms with Gasteiger partial charge in [-0.2, -0.15) is 0 Å². The summed E-state index contributed by atoms with van der Waals surface area (Å²) in [6.45, 7) is 5.80. The van der Waals surface area contributed by atoms with Gasteiger partial charge in [0.25, 0.3) is 5.91 Å². The van der Waals surface area contributed by atoms with E-state index in [1.165, 1.54) is 22.4 Å². The molecular weight excluding hydrogens is 410 g/mol. The maximum absolute atomic E-state index is 13.5. The maximum atomic E-state index is 13.5. The van der Waals surface area contributed by atoms with Crippen molar-refractivity contribution in [2.45, 2.75) is 46.1 Å². The van der Waals surface area contributed by atoms with Crippen LogP contribution in [0.1, 0.15) is 47.8 Å². The lowest BCUT2D eigenvalue weighted by Gasteiger charge is -2.10. The highest BCUT2D eigenvalue weighted by Crippen LogP contribution is 2.39. The summed E-state index contributed by atoms with van der Waals surface area (Å²) in [5.41, 5.74) is 8.84. The Kier molecular flexibility index (Phi) is 5.71. The molecule has 1 aliphatic heterocycles. The molecule has 5 rings (SSSR count). The summed E-state index contributed by atoms with van der Waals surface area (Å²) in [4.78, 5) is 13.5. The van der Waals surface area contributed by atoms with E-state index in [1.807, 2.05) is 12.1 Å².